The van der Waals surface area contributed by atoms with Gasteiger partial charge in [-0.2, -0.15) is 13.2 Å². The normalized spacial score (nSPS) is 11.5. The number of aromatic carboxylic acids is 1. The van der Waals surface area contributed by atoms with Gasteiger partial charge >= 0.3 is 11.5 Å². The second kappa shape index (κ2) is 4.78. The van der Waals surface area contributed by atoms with Gasteiger partial charge < -0.3 is 5.11 Å². The fourth-order valence-electron chi connectivity index (χ4n) is 1.27. The summed E-state index contributed by atoms with van der Waals surface area (Å²) >= 11 is -0.242. The molecule has 0 radical (unpaired) electrons. The number of thioether (sulfide) groups is 1. The van der Waals surface area contributed by atoms with Crippen LogP contribution in [0.25, 0.3) is 0 Å². The predicted octanol–water partition coefficient (Wildman–Crippen LogP) is 3.56. The Morgan fingerprint density at radius 2 is 2.06 bits per heavy atom. The Morgan fingerprint density at radius 1 is 1.44 bits per heavy atom. The van der Waals surface area contributed by atoms with Crippen LogP contribution < -0.4 is 0 Å². The number of aryl methyl sites for hydroxylation is 1. The molecule has 1 aromatic rings. The zero-order chi connectivity index (χ0) is 12.3. The van der Waals surface area contributed by atoms with Crippen molar-refractivity contribution in [2.75, 3.05) is 0 Å². The summed E-state index contributed by atoms with van der Waals surface area (Å²) in [6.45, 7) is 1.70. The zero-order valence-corrected chi connectivity index (χ0v) is 9.15. The Bertz CT molecular complexity index is 402. The van der Waals surface area contributed by atoms with Gasteiger partial charge in [-0.3, -0.25) is 0 Å². The fourth-order valence-corrected chi connectivity index (χ4v) is 1.87. The minimum atomic E-state index is -4.35. The van der Waals surface area contributed by atoms with Crippen molar-refractivity contribution >= 4 is 17.7 Å². The zero-order valence-electron chi connectivity index (χ0n) is 8.34. The van der Waals surface area contributed by atoms with Crippen molar-refractivity contribution in [3.8, 4) is 0 Å². The van der Waals surface area contributed by atoms with E-state index in [1.807, 2.05) is 0 Å². The van der Waals surface area contributed by atoms with Gasteiger partial charge in [-0.25, -0.2) is 4.79 Å². The van der Waals surface area contributed by atoms with Crippen LogP contribution in [0.3, 0.4) is 0 Å². The second-order valence-corrected chi connectivity index (χ2v) is 4.16. The van der Waals surface area contributed by atoms with E-state index < -0.39 is 11.5 Å². The molecule has 0 aromatic heterocycles. The van der Waals surface area contributed by atoms with Crippen molar-refractivity contribution in [1.29, 1.82) is 0 Å². The number of rotatable bonds is 3. The Morgan fingerprint density at radius 3 is 2.50 bits per heavy atom. The lowest BCUT2D eigenvalue weighted by Gasteiger charge is -2.08. The number of hydrogen-bond donors (Lipinski definition) is 1. The molecule has 1 rings (SSSR count). The Labute approximate surface area is 94.5 Å². The second-order valence-electron chi connectivity index (χ2n) is 3.03. The van der Waals surface area contributed by atoms with Crippen molar-refractivity contribution in [3.63, 3.8) is 0 Å². The molecule has 0 fully saturated rings. The molecular formula is C10H9F3O2S. The van der Waals surface area contributed by atoms with E-state index >= 15 is 0 Å². The highest BCUT2D eigenvalue weighted by Gasteiger charge is 2.29. The van der Waals surface area contributed by atoms with E-state index in [0.717, 1.165) is 0 Å². The van der Waals surface area contributed by atoms with E-state index in [-0.39, 0.29) is 22.2 Å². The average molecular weight is 250 g/mol. The third-order valence-corrected chi connectivity index (χ3v) is 2.64. The lowest BCUT2D eigenvalue weighted by molar-refractivity contribution is -0.0328. The van der Waals surface area contributed by atoms with Crippen LogP contribution in [0.5, 0.6) is 0 Å². The Kier molecular flexibility index (Phi) is 3.85. The molecule has 0 aliphatic carbocycles. The molecule has 0 heterocycles. The summed E-state index contributed by atoms with van der Waals surface area (Å²) in [4.78, 5) is 10.8. The van der Waals surface area contributed by atoms with Gasteiger partial charge in [0.2, 0.25) is 0 Å². The number of benzene rings is 1. The molecule has 16 heavy (non-hydrogen) atoms. The van der Waals surface area contributed by atoms with Crippen LogP contribution in [0, 0.1) is 0 Å². The fraction of sp³-hybridized carbons (Fsp3) is 0.300. The highest BCUT2D eigenvalue weighted by atomic mass is 32.2. The molecular weight excluding hydrogens is 241 g/mol. The van der Waals surface area contributed by atoms with Crippen molar-refractivity contribution in [2.24, 2.45) is 0 Å². The van der Waals surface area contributed by atoms with Crippen LogP contribution in [0.15, 0.2) is 23.1 Å². The van der Waals surface area contributed by atoms with Crippen LogP contribution in [0.2, 0.25) is 0 Å². The first-order chi connectivity index (χ1) is 7.33. The molecule has 0 atom stereocenters. The van der Waals surface area contributed by atoms with Crippen LogP contribution in [-0.2, 0) is 6.42 Å². The van der Waals surface area contributed by atoms with Gasteiger partial charge in [-0.15, -0.1) is 0 Å². The number of alkyl halides is 3. The molecule has 0 spiro atoms. The molecule has 88 valence electrons. The Balaban J connectivity index is 3.05. The quantitative estimate of drug-likeness (QED) is 0.833. The van der Waals surface area contributed by atoms with E-state index in [1.165, 1.54) is 18.2 Å². The highest BCUT2D eigenvalue weighted by molar-refractivity contribution is 8.00. The molecule has 0 unspecified atom stereocenters. The van der Waals surface area contributed by atoms with Crippen molar-refractivity contribution < 1.29 is 23.1 Å². The molecule has 0 bridgehead atoms. The number of carbonyl (C=O) groups is 1. The van der Waals surface area contributed by atoms with Gasteiger partial charge in [0.15, 0.2) is 0 Å². The molecule has 1 N–H and O–H groups in total. The largest absolute Gasteiger partial charge is 0.478 e. The molecule has 0 amide bonds. The minimum Gasteiger partial charge on any atom is -0.478 e. The number of hydrogen-bond acceptors (Lipinski definition) is 2. The summed E-state index contributed by atoms with van der Waals surface area (Å²) in [5, 5.41) is 8.79. The number of carboxylic acid groups (broad SMARTS) is 1. The van der Waals surface area contributed by atoms with E-state index in [2.05, 4.69) is 0 Å². The lowest BCUT2D eigenvalue weighted by atomic mass is 10.1. The maximum Gasteiger partial charge on any atom is 0.446 e. The summed E-state index contributed by atoms with van der Waals surface area (Å²) < 4.78 is 36.2. The molecule has 0 aliphatic heterocycles. The summed E-state index contributed by atoms with van der Waals surface area (Å²) in [6.07, 6.45) is 0.383. The topological polar surface area (TPSA) is 37.3 Å². The van der Waals surface area contributed by atoms with E-state index in [9.17, 15) is 18.0 Å². The maximum absolute atomic E-state index is 12.1. The molecule has 0 saturated carbocycles. The predicted molar refractivity (Wildman–Crippen MR) is 54.7 cm³/mol. The van der Waals surface area contributed by atoms with Crippen LogP contribution >= 0.6 is 11.8 Å². The molecule has 6 heteroatoms. The third kappa shape index (κ3) is 3.44. The minimum absolute atomic E-state index is 0.00866. The van der Waals surface area contributed by atoms with Crippen LogP contribution in [0.1, 0.15) is 22.8 Å². The van der Waals surface area contributed by atoms with Gasteiger partial charge in [0.05, 0.1) is 5.56 Å². The van der Waals surface area contributed by atoms with Gasteiger partial charge in [0, 0.05) is 4.90 Å². The summed E-state index contributed by atoms with van der Waals surface area (Å²) in [5.41, 5.74) is -3.90. The number of carboxylic acids is 1. The molecule has 2 nitrogen and oxygen atoms in total. The van der Waals surface area contributed by atoms with Crippen molar-refractivity contribution in [1.82, 2.24) is 0 Å². The standard InChI is InChI=1S/C10H9F3O2S/c1-2-6-5-7(16-10(11,12)13)3-4-8(6)9(14)15/h3-5H,2H2,1H3,(H,14,15). The van der Waals surface area contributed by atoms with Crippen LogP contribution in [0.4, 0.5) is 13.2 Å². The monoisotopic (exact) mass is 250 g/mol. The summed E-state index contributed by atoms with van der Waals surface area (Å²) in [5.74, 6) is -1.12. The highest BCUT2D eigenvalue weighted by Crippen LogP contribution is 2.37. The summed E-state index contributed by atoms with van der Waals surface area (Å²) in [6, 6.07) is 3.64. The SMILES string of the molecule is CCc1cc(SC(F)(F)F)ccc1C(=O)O. The Hall–Kier alpha value is -1.17. The molecule has 0 saturated heterocycles. The molecule has 0 aliphatic rings. The third-order valence-electron chi connectivity index (χ3n) is 1.92. The average Bonchev–Trinajstić information content (AvgIpc) is 2.14. The van der Waals surface area contributed by atoms with E-state index in [4.69, 9.17) is 5.11 Å². The van der Waals surface area contributed by atoms with Gasteiger partial charge in [0.1, 0.15) is 0 Å². The van der Waals surface area contributed by atoms with Crippen LogP contribution in [-0.4, -0.2) is 16.6 Å². The van der Waals surface area contributed by atoms with Gasteiger partial charge in [0.25, 0.3) is 0 Å². The van der Waals surface area contributed by atoms with Gasteiger partial charge in [-0.05, 0) is 41.9 Å². The first kappa shape index (κ1) is 12.9. The van der Waals surface area contributed by atoms with Crippen molar-refractivity contribution in [2.45, 2.75) is 23.7 Å². The first-order valence-electron chi connectivity index (χ1n) is 4.45. The van der Waals surface area contributed by atoms with Gasteiger partial charge in [-0.1, -0.05) is 6.92 Å². The summed E-state index contributed by atoms with van der Waals surface area (Å²) in [7, 11) is 0. The number of halogens is 3. The molecule has 1 aromatic carbocycles. The maximum atomic E-state index is 12.1. The smallest absolute Gasteiger partial charge is 0.446 e. The first-order valence-corrected chi connectivity index (χ1v) is 5.27. The van der Waals surface area contributed by atoms with E-state index in [0.29, 0.717) is 12.0 Å². The van der Waals surface area contributed by atoms with E-state index in [1.54, 1.807) is 6.92 Å². The lowest BCUT2D eigenvalue weighted by Crippen LogP contribution is -2.03. The van der Waals surface area contributed by atoms with Crippen molar-refractivity contribution in [3.05, 3.63) is 29.3 Å².